The van der Waals surface area contributed by atoms with Gasteiger partial charge in [-0.1, -0.05) is 11.6 Å². The summed E-state index contributed by atoms with van der Waals surface area (Å²) in [5.41, 5.74) is 1.19. The largest absolute Gasteiger partial charge is 0.461 e. The maximum atomic E-state index is 11.3. The predicted molar refractivity (Wildman–Crippen MR) is 52.7 cm³/mol. The second-order valence-electron chi connectivity index (χ2n) is 3.86. The molecule has 0 aromatic rings. The molecule has 0 radical (unpaired) electrons. The number of rotatable bonds is 2. The summed E-state index contributed by atoms with van der Waals surface area (Å²) in [6.45, 7) is 4.92. The van der Waals surface area contributed by atoms with Gasteiger partial charge in [-0.2, -0.15) is 0 Å². The maximum Gasteiger partial charge on any atom is 0.302 e. The van der Waals surface area contributed by atoms with Gasteiger partial charge in [-0.3, -0.25) is 9.59 Å². The third kappa shape index (κ3) is 2.69. The third-order valence-corrected chi connectivity index (χ3v) is 2.53. The van der Waals surface area contributed by atoms with Crippen LogP contribution in [0.2, 0.25) is 0 Å². The van der Waals surface area contributed by atoms with Crippen LogP contribution in [-0.4, -0.2) is 17.9 Å². The van der Waals surface area contributed by atoms with E-state index in [1.807, 2.05) is 13.0 Å². The first-order chi connectivity index (χ1) is 6.50. The molecule has 1 rings (SSSR count). The van der Waals surface area contributed by atoms with Crippen molar-refractivity contribution >= 4 is 11.8 Å². The SMILES string of the molecule is CC(=O)O[C@H]1CC(C)=CC[C@@H]1C(C)=O. The van der Waals surface area contributed by atoms with Gasteiger partial charge in [-0.05, 0) is 20.3 Å². The number of esters is 1. The average molecular weight is 196 g/mol. The van der Waals surface area contributed by atoms with Crippen LogP contribution in [0.4, 0.5) is 0 Å². The molecular formula is C11H16O3. The molecule has 78 valence electrons. The molecule has 1 aliphatic carbocycles. The number of ketones is 1. The summed E-state index contributed by atoms with van der Waals surface area (Å²) < 4.78 is 5.13. The van der Waals surface area contributed by atoms with E-state index in [2.05, 4.69) is 0 Å². The summed E-state index contributed by atoms with van der Waals surface area (Å²) in [6, 6.07) is 0. The molecule has 0 saturated carbocycles. The second-order valence-corrected chi connectivity index (χ2v) is 3.86. The molecule has 0 amide bonds. The lowest BCUT2D eigenvalue weighted by molar-refractivity contribution is -0.151. The molecule has 0 spiro atoms. The van der Waals surface area contributed by atoms with Crippen molar-refractivity contribution in [1.82, 2.24) is 0 Å². The molecule has 0 N–H and O–H groups in total. The van der Waals surface area contributed by atoms with Gasteiger partial charge in [-0.15, -0.1) is 0 Å². The summed E-state index contributed by atoms with van der Waals surface area (Å²) in [6.07, 6.45) is 3.17. The maximum absolute atomic E-state index is 11.3. The second kappa shape index (κ2) is 4.40. The molecule has 0 unspecified atom stereocenters. The molecule has 0 aliphatic heterocycles. The van der Waals surface area contributed by atoms with Crippen molar-refractivity contribution in [3.63, 3.8) is 0 Å². The van der Waals surface area contributed by atoms with Gasteiger partial charge in [0.25, 0.3) is 0 Å². The van der Waals surface area contributed by atoms with Crippen LogP contribution in [-0.2, 0) is 14.3 Å². The molecule has 0 aromatic heterocycles. The van der Waals surface area contributed by atoms with Gasteiger partial charge in [0.1, 0.15) is 11.9 Å². The van der Waals surface area contributed by atoms with E-state index < -0.39 is 0 Å². The molecule has 0 saturated heterocycles. The molecular weight excluding hydrogens is 180 g/mol. The minimum atomic E-state index is -0.309. The van der Waals surface area contributed by atoms with E-state index in [1.54, 1.807) is 6.92 Å². The summed E-state index contributed by atoms with van der Waals surface area (Å²) in [5.74, 6) is -0.362. The van der Waals surface area contributed by atoms with Crippen LogP contribution in [0.25, 0.3) is 0 Å². The number of hydrogen-bond acceptors (Lipinski definition) is 3. The van der Waals surface area contributed by atoms with Crippen LogP contribution < -0.4 is 0 Å². The highest BCUT2D eigenvalue weighted by molar-refractivity contribution is 5.80. The molecule has 1 aliphatic rings. The van der Waals surface area contributed by atoms with E-state index in [4.69, 9.17) is 4.74 Å². The Morgan fingerprint density at radius 3 is 2.57 bits per heavy atom. The summed E-state index contributed by atoms with van der Waals surface area (Å²) in [4.78, 5) is 22.1. The zero-order valence-corrected chi connectivity index (χ0v) is 8.87. The Morgan fingerprint density at radius 1 is 1.43 bits per heavy atom. The summed E-state index contributed by atoms with van der Waals surface area (Å²) in [7, 11) is 0. The number of carbonyl (C=O) groups is 2. The fraction of sp³-hybridized carbons (Fsp3) is 0.636. The van der Waals surface area contributed by atoms with Crippen LogP contribution >= 0.6 is 0 Å². The Bertz CT molecular complexity index is 278. The van der Waals surface area contributed by atoms with Crippen molar-refractivity contribution in [2.75, 3.05) is 0 Å². The number of ether oxygens (including phenoxy) is 1. The molecule has 2 atom stereocenters. The first-order valence-electron chi connectivity index (χ1n) is 4.84. The van der Waals surface area contributed by atoms with E-state index in [0.717, 1.165) is 0 Å². The minimum absolute atomic E-state index is 0.0972. The number of allylic oxidation sites excluding steroid dienone is 1. The molecule has 3 nitrogen and oxygen atoms in total. The lowest BCUT2D eigenvalue weighted by Crippen LogP contribution is -2.33. The quantitative estimate of drug-likeness (QED) is 0.500. The molecule has 0 aromatic carbocycles. The summed E-state index contributed by atoms with van der Waals surface area (Å²) in [5, 5.41) is 0. The Balaban J connectivity index is 2.72. The highest BCUT2D eigenvalue weighted by Gasteiger charge is 2.30. The van der Waals surface area contributed by atoms with Gasteiger partial charge in [-0.25, -0.2) is 0 Å². The highest BCUT2D eigenvalue weighted by Crippen LogP contribution is 2.27. The lowest BCUT2D eigenvalue weighted by atomic mass is 9.85. The van der Waals surface area contributed by atoms with Crippen LogP contribution in [0.1, 0.15) is 33.6 Å². The molecule has 14 heavy (non-hydrogen) atoms. The van der Waals surface area contributed by atoms with Gasteiger partial charge < -0.3 is 4.74 Å². The van der Waals surface area contributed by atoms with Gasteiger partial charge >= 0.3 is 5.97 Å². The number of Topliss-reactive ketones (excluding diaryl/α,β-unsaturated/α-hetero) is 1. The van der Waals surface area contributed by atoms with E-state index in [0.29, 0.717) is 12.8 Å². The zero-order valence-electron chi connectivity index (χ0n) is 8.87. The Morgan fingerprint density at radius 2 is 2.07 bits per heavy atom. The van der Waals surface area contributed by atoms with Crippen LogP contribution in [0.15, 0.2) is 11.6 Å². The Hall–Kier alpha value is -1.12. The first kappa shape index (κ1) is 11.0. The average Bonchev–Trinajstić information content (AvgIpc) is 2.01. The monoisotopic (exact) mass is 196 g/mol. The van der Waals surface area contributed by atoms with E-state index in [9.17, 15) is 9.59 Å². The molecule has 0 heterocycles. The van der Waals surface area contributed by atoms with Gasteiger partial charge in [0, 0.05) is 13.3 Å². The van der Waals surface area contributed by atoms with E-state index in [-0.39, 0.29) is 23.8 Å². The molecule has 0 bridgehead atoms. The number of carbonyl (C=O) groups excluding carboxylic acids is 2. The van der Waals surface area contributed by atoms with E-state index >= 15 is 0 Å². The highest BCUT2D eigenvalue weighted by atomic mass is 16.5. The van der Waals surface area contributed by atoms with Crippen LogP contribution in [0, 0.1) is 5.92 Å². The van der Waals surface area contributed by atoms with Crippen molar-refractivity contribution in [2.45, 2.75) is 39.7 Å². The van der Waals surface area contributed by atoms with Gasteiger partial charge in [0.05, 0.1) is 5.92 Å². The molecule has 0 fully saturated rings. The molecule has 3 heteroatoms. The fourth-order valence-corrected chi connectivity index (χ4v) is 1.79. The smallest absolute Gasteiger partial charge is 0.302 e. The van der Waals surface area contributed by atoms with Crippen molar-refractivity contribution in [3.05, 3.63) is 11.6 Å². The topological polar surface area (TPSA) is 43.4 Å². The van der Waals surface area contributed by atoms with Crippen molar-refractivity contribution in [3.8, 4) is 0 Å². The Kier molecular flexibility index (Phi) is 3.44. The van der Waals surface area contributed by atoms with Crippen molar-refractivity contribution < 1.29 is 14.3 Å². The fourth-order valence-electron chi connectivity index (χ4n) is 1.79. The van der Waals surface area contributed by atoms with Crippen molar-refractivity contribution in [2.24, 2.45) is 5.92 Å². The van der Waals surface area contributed by atoms with Crippen LogP contribution in [0.5, 0.6) is 0 Å². The number of hydrogen-bond donors (Lipinski definition) is 0. The summed E-state index contributed by atoms with van der Waals surface area (Å²) >= 11 is 0. The minimum Gasteiger partial charge on any atom is -0.461 e. The van der Waals surface area contributed by atoms with Crippen LogP contribution in [0.3, 0.4) is 0 Å². The zero-order chi connectivity index (χ0) is 10.7. The predicted octanol–water partition coefficient (Wildman–Crippen LogP) is 1.86. The van der Waals surface area contributed by atoms with E-state index in [1.165, 1.54) is 12.5 Å². The lowest BCUT2D eigenvalue weighted by Gasteiger charge is -2.28. The first-order valence-corrected chi connectivity index (χ1v) is 4.84. The van der Waals surface area contributed by atoms with Crippen molar-refractivity contribution in [1.29, 1.82) is 0 Å². The normalized spacial score (nSPS) is 26.6. The standard InChI is InChI=1S/C11H16O3/c1-7-4-5-10(8(2)12)11(6-7)14-9(3)13/h4,10-11H,5-6H2,1-3H3/t10-,11+/m1/s1. The Labute approximate surface area is 84.1 Å². The van der Waals surface area contributed by atoms with Gasteiger partial charge in [0.15, 0.2) is 0 Å². The third-order valence-electron chi connectivity index (χ3n) is 2.53. The van der Waals surface area contributed by atoms with Gasteiger partial charge in [0.2, 0.25) is 0 Å².